The van der Waals surface area contributed by atoms with Crippen molar-refractivity contribution < 1.29 is 4.79 Å². The molecule has 1 atom stereocenters. The second-order valence-corrected chi connectivity index (χ2v) is 9.14. The van der Waals surface area contributed by atoms with Crippen molar-refractivity contribution in [3.8, 4) is 11.8 Å². The molecule has 1 amide bonds. The molecule has 1 aliphatic carbocycles. The summed E-state index contributed by atoms with van der Waals surface area (Å²) >= 11 is 1.34. The highest BCUT2D eigenvalue weighted by molar-refractivity contribution is 8.00. The van der Waals surface area contributed by atoms with Gasteiger partial charge in [-0.3, -0.25) is 4.79 Å². The summed E-state index contributed by atoms with van der Waals surface area (Å²) in [6.45, 7) is 5.67. The first-order valence-corrected chi connectivity index (χ1v) is 11.4. The van der Waals surface area contributed by atoms with Gasteiger partial charge in [-0.2, -0.15) is 10.4 Å². The van der Waals surface area contributed by atoms with Crippen LogP contribution >= 0.6 is 11.8 Å². The number of nitrogens with one attached hydrogen (secondary N) is 1. The molecule has 0 fully saturated rings. The SMILES string of the molecule is Cc1nn(-c2ccccc2)c(C)c1NC(=O)C(C)Sc1nc2c(cc1C#N)CCCC2. The Bertz CT molecular complexity index is 1160. The number of anilines is 1. The minimum Gasteiger partial charge on any atom is -0.322 e. The summed E-state index contributed by atoms with van der Waals surface area (Å²) in [6, 6.07) is 14.0. The summed E-state index contributed by atoms with van der Waals surface area (Å²) in [4.78, 5) is 17.7. The van der Waals surface area contributed by atoms with E-state index in [-0.39, 0.29) is 5.91 Å². The number of amides is 1. The molecule has 6 nitrogen and oxygen atoms in total. The summed E-state index contributed by atoms with van der Waals surface area (Å²) in [7, 11) is 0. The second-order valence-electron chi connectivity index (χ2n) is 7.81. The van der Waals surface area contributed by atoms with Crippen molar-refractivity contribution in [2.75, 3.05) is 5.32 Å². The standard InChI is InChI=1S/C24H25N5OS/c1-15-22(16(2)29(28-15)20-10-5-4-6-11-20)27-23(30)17(3)31-24-19(14-25)13-18-9-7-8-12-21(18)26-24/h4-6,10-11,13,17H,7-9,12H2,1-3H3,(H,27,30). The molecule has 0 aliphatic heterocycles. The number of nitriles is 1. The van der Waals surface area contributed by atoms with E-state index in [2.05, 4.69) is 16.5 Å². The quantitative estimate of drug-likeness (QED) is 0.589. The van der Waals surface area contributed by atoms with Gasteiger partial charge in [0.05, 0.1) is 33.6 Å². The largest absolute Gasteiger partial charge is 0.322 e. The van der Waals surface area contributed by atoms with E-state index in [4.69, 9.17) is 4.98 Å². The number of aryl methyl sites for hydroxylation is 3. The van der Waals surface area contributed by atoms with Crippen LogP contribution in [-0.2, 0) is 17.6 Å². The zero-order valence-electron chi connectivity index (χ0n) is 18.0. The first kappa shape index (κ1) is 21.1. The Morgan fingerprint density at radius 1 is 1.23 bits per heavy atom. The van der Waals surface area contributed by atoms with Crippen LogP contribution in [0.25, 0.3) is 5.69 Å². The molecule has 4 rings (SSSR count). The average molecular weight is 432 g/mol. The third-order valence-electron chi connectivity index (χ3n) is 5.58. The summed E-state index contributed by atoms with van der Waals surface area (Å²) in [5.41, 5.74) is 6.09. The third kappa shape index (κ3) is 4.35. The van der Waals surface area contributed by atoms with Crippen LogP contribution in [0.5, 0.6) is 0 Å². The van der Waals surface area contributed by atoms with Gasteiger partial charge in [0, 0.05) is 5.69 Å². The van der Waals surface area contributed by atoms with Crippen LogP contribution in [0.1, 0.15) is 48.0 Å². The molecular weight excluding hydrogens is 406 g/mol. The number of benzene rings is 1. The van der Waals surface area contributed by atoms with Gasteiger partial charge in [-0.25, -0.2) is 9.67 Å². The van der Waals surface area contributed by atoms with Crippen molar-refractivity contribution in [3.05, 3.63) is 64.6 Å². The average Bonchev–Trinajstić information content (AvgIpc) is 3.07. The molecule has 2 aromatic heterocycles. The van der Waals surface area contributed by atoms with Crippen LogP contribution in [0.2, 0.25) is 0 Å². The van der Waals surface area contributed by atoms with E-state index in [1.54, 1.807) is 0 Å². The number of fused-ring (bicyclic) bond motifs is 1. The van der Waals surface area contributed by atoms with Crippen LogP contribution in [-0.4, -0.2) is 25.9 Å². The number of carbonyl (C=O) groups excluding carboxylic acids is 1. The molecule has 0 spiro atoms. The number of nitrogens with zero attached hydrogens (tertiary/aromatic N) is 4. The molecule has 0 radical (unpaired) electrons. The molecule has 0 saturated heterocycles. The van der Waals surface area contributed by atoms with Gasteiger partial charge in [0.25, 0.3) is 0 Å². The fourth-order valence-electron chi connectivity index (χ4n) is 3.87. The summed E-state index contributed by atoms with van der Waals surface area (Å²) in [6.07, 6.45) is 4.17. The minimum atomic E-state index is -0.403. The van der Waals surface area contributed by atoms with E-state index in [1.807, 2.05) is 61.9 Å². The van der Waals surface area contributed by atoms with E-state index in [9.17, 15) is 10.1 Å². The summed E-state index contributed by atoms with van der Waals surface area (Å²) in [5, 5.41) is 17.4. The molecular formula is C24H25N5OS. The van der Waals surface area contributed by atoms with E-state index < -0.39 is 5.25 Å². The molecule has 7 heteroatoms. The van der Waals surface area contributed by atoms with E-state index in [1.165, 1.54) is 17.3 Å². The predicted molar refractivity (Wildman–Crippen MR) is 123 cm³/mol. The Morgan fingerprint density at radius 3 is 2.71 bits per heavy atom. The second kappa shape index (κ2) is 8.94. The number of hydrogen-bond donors (Lipinski definition) is 1. The predicted octanol–water partition coefficient (Wildman–Crippen LogP) is 4.75. The van der Waals surface area contributed by atoms with E-state index in [0.29, 0.717) is 10.6 Å². The highest BCUT2D eigenvalue weighted by Crippen LogP contribution is 2.31. The first-order chi connectivity index (χ1) is 15.0. The Morgan fingerprint density at radius 2 is 1.97 bits per heavy atom. The zero-order valence-corrected chi connectivity index (χ0v) is 18.8. The van der Waals surface area contributed by atoms with Crippen LogP contribution in [0.4, 0.5) is 5.69 Å². The lowest BCUT2D eigenvalue weighted by Gasteiger charge is -2.18. The molecule has 0 saturated carbocycles. The van der Waals surface area contributed by atoms with Crippen molar-refractivity contribution in [2.24, 2.45) is 0 Å². The van der Waals surface area contributed by atoms with Crippen LogP contribution in [0.15, 0.2) is 41.4 Å². The van der Waals surface area contributed by atoms with Crippen molar-refractivity contribution >= 4 is 23.4 Å². The number of aromatic nitrogens is 3. The van der Waals surface area contributed by atoms with Gasteiger partial charge in [0.1, 0.15) is 11.1 Å². The topological polar surface area (TPSA) is 83.6 Å². The zero-order chi connectivity index (χ0) is 22.0. The van der Waals surface area contributed by atoms with Crippen LogP contribution in [0.3, 0.4) is 0 Å². The summed E-state index contributed by atoms with van der Waals surface area (Å²) in [5.74, 6) is -0.132. The van der Waals surface area contributed by atoms with Crippen molar-refractivity contribution in [1.82, 2.24) is 14.8 Å². The molecule has 3 aromatic rings. The van der Waals surface area contributed by atoms with Gasteiger partial charge in [0.2, 0.25) is 5.91 Å². The monoisotopic (exact) mass is 431 g/mol. The molecule has 1 aromatic carbocycles. The van der Waals surface area contributed by atoms with Crippen LogP contribution < -0.4 is 5.32 Å². The Balaban J connectivity index is 1.53. The number of pyridine rings is 1. The number of rotatable bonds is 5. The number of thioether (sulfide) groups is 1. The van der Waals surface area contributed by atoms with Gasteiger partial charge in [-0.05, 0) is 70.2 Å². The van der Waals surface area contributed by atoms with Gasteiger partial charge in [0.15, 0.2) is 0 Å². The highest BCUT2D eigenvalue weighted by atomic mass is 32.2. The maximum Gasteiger partial charge on any atom is 0.237 e. The fraction of sp³-hybridized carbons (Fsp3) is 0.333. The molecule has 158 valence electrons. The molecule has 31 heavy (non-hydrogen) atoms. The number of para-hydroxylation sites is 1. The Kier molecular flexibility index (Phi) is 6.10. The van der Waals surface area contributed by atoms with Crippen molar-refractivity contribution in [1.29, 1.82) is 5.26 Å². The van der Waals surface area contributed by atoms with Gasteiger partial charge >= 0.3 is 0 Å². The fourth-order valence-corrected chi connectivity index (χ4v) is 4.77. The maximum absolute atomic E-state index is 13.0. The molecule has 1 aliphatic rings. The lowest BCUT2D eigenvalue weighted by molar-refractivity contribution is -0.115. The first-order valence-electron chi connectivity index (χ1n) is 10.5. The maximum atomic E-state index is 13.0. The lowest BCUT2D eigenvalue weighted by Crippen LogP contribution is -2.23. The molecule has 1 N–H and O–H groups in total. The normalized spacial score (nSPS) is 13.9. The number of carbonyl (C=O) groups is 1. The number of hydrogen-bond acceptors (Lipinski definition) is 5. The van der Waals surface area contributed by atoms with Gasteiger partial charge in [-0.1, -0.05) is 30.0 Å². The smallest absolute Gasteiger partial charge is 0.237 e. The molecule has 2 heterocycles. The van der Waals surface area contributed by atoms with Crippen molar-refractivity contribution in [2.45, 2.75) is 56.7 Å². The van der Waals surface area contributed by atoms with E-state index in [0.717, 1.165) is 54.1 Å². The van der Waals surface area contributed by atoms with Crippen LogP contribution in [0, 0.1) is 25.2 Å². The minimum absolute atomic E-state index is 0.132. The summed E-state index contributed by atoms with van der Waals surface area (Å²) < 4.78 is 1.83. The highest BCUT2D eigenvalue weighted by Gasteiger charge is 2.23. The van der Waals surface area contributed by atoms with Gasteiger partial charge in [-0.15, -0.1) is 0 Å². The Labute approximate surface area is 186 Å². The van der Waals surface area contributed by atoms with Crippen molar-refractivity contribution in [3.63, 3.8) is 0 Å². The van der Waals surface area contributed by atoms with E-state index >= 15 is 0 Å². The Hall–Kier alpha value is -3.11. The molecule has 0 bridgehead atoms. The lowest BCUT2D eigenvalue weighted by atomic mass is 9.95. The third-order valence-corrected chi connectivity index (χ3v) is 6.69. The molecule has 1 unspecified atom stereocenters. The van der Waals surface area contributed by atoms with Gasteiger partial charge < -0.3 is 5.32 Å².